The summed E-state index contributed by atoms with van der Waals surface area (Å²) in [5, 5.41) is 3.38. The maximum Gasteiger partial charge on any atom is 0.358 e. The van der Waals surface area contributed by atoms with Gasteiger partial charge in [0, 0.05) is 18.2 Å². The lowest BCUT2D eigenvalue weighted by molar-refractivity contribution is 0.0593. The number of hydrogen-bond donors (Lipinski definition) is 1. The second-order valence-electron chi connectivity index (χ2n) is 6.32. The minimum Gasteiger partial charge on any atom is -0.464 e. The van der Waals surface area contributed by atoms with Crippen molar-refractivity contribution in [2.45, 2.75) is 12.5 Å². The van der Waals surface area contributed by atoms with E-state index in [1.807, 2.05) is 0 Å². The number of likely N-dealkylation sites (N-methyl/N-ethyl adjacent to an activating group) is 1. The highest BCUT2D eigenvalue weighted by Crippen LogP contribution is 2.27. The van der Waals surface area contributed by atoms with E-state index in [9.17, 15) is 9.18 Å². The zero-order valence-corrected chi connectivity index (χ0v) is 14.8. The number of halogens is 1. The van der Waals surface area contributed by atoms with Gasteiger partial charge in [-0.25, -0.2) is 19.2 Å². The molecule has 6 nitrogen and oxygen atoms in total. The van der Waals surface area contributed by atoms with Crippen LogP contribution in [0.5, 0.6) is 0 Å². The molecule has 1 aromatic carbocycles. The van der Waals surface area contributed by atoms with E-state index in [0.717, 1.165) is 19.5 Å². The Bertz CT molecular complexity index is 823. The van der Waals surface area contributed by atoms with E-state index < -0.39 is 5.97 Å². The van der Waals surface area contributed by atoms with Crippen molar-refractivity contribution in [1.29, 1.82) is 0 Å². The van der Waals surface area contributed by atoms with Gasteiger partial charge < -0.3 is 15.0 Å². The number of rotatable bonds is 5. The van der Waals surface area contributed by atoms with Crippen molar-refractivity contribution in [1.82, 2.24) is 14.9 Å². The Morgan fingerprint density at radius 2 is 2.12 bits per heavy atom. The van der Waals surface area contributed by atoms with E-state index in [-0.39, 0.29) is 17.6 Å². The molecule has 0 bridgehead atoms. The molecule has 0 saturated carbocycles. The summed E-state index contributed by atoms with van der Waals surface area (Å²) in [7, 11) is 3.35. The van der Waals surface area contributed by atoms with E-state index in [4.69, 9.17) is 4.74 Å². The van der Waals surface area contributed by atoms with Crippen LogP contribution in [0.3, 0.4) is 0 Å². The molecule has 0 radical (unpaired) electrons. The molecule has 1 fully saturated rings. The van der Waals surface area contributed by atoms with Crippen LogP contribution in [-0.4, -0.2) is 54.1 Å². The molecule has 7 heteroatoms. The van der Waals surface area contributed by atoms with Gasteiger partial charge in [-0.1, -0.05) is 18.7 Å². The first-order chi connectivity index (χ1) is 12.5. The molecule has 1 saturated heterocycles. The largest absolute Gasteiger partial charge is 0.464 e. The number of nitrogens with one attached hydrogen (secondary N) is 1. The molecule has 1 unspecified atom stereocenters. The lowest BCUT2D eigenvalue weighted by Crippen LogP contribution is -2.25. The molecule has 3 rings (SSSR count). The Morgan fingerprint density at radius 3 is 2.73 bits per heavy atom. The number of carbonyl (C=O) groups is 1. The van der Waals surface area contributed by atoms with E-state index in [1.54, 1.807) is 12.1 Å². The van der Waals surface area contributed by atoms with Crippen molar-refractivity contribution >= 4 is 17.4 Å². The minimum atomic E-state index is -0.571. The normalized spacial score (nSPS) is 17.1. The lowest BCUT2D eigenvalue weighted by Gasteiger charge is -2.17. The predicted molar refractivity (Wildman–Crippen MR) is 97.4 cm³/mol. The van der Waals surface area contributed by atoms with E-state index >= 15 is 0 Å². The maximum atomic E-state index is 13.2. The van der Waals surface area contributed by atoms with Crippen molar-refractivity contribution in [3.63, 3.8) is 0 Å². The van der Waals surface area contributed by atoms with Crippen LogP contribution in [0, 0.1) is 5.82 Å². The smallest absolute Gasteiger partial charge is 0.358 e. The Balaban J connectivity index is 1.96. The average molecular weight is 356 g/mol. The third kappa shape index (κ3) is 3.88. The van der Waals surface area contributed by atoms with Gasteiger partial charge in [0.2, 0.25) is 0 Å². The number of hydrogen-bond acceptors (Lipinski definition) is 6. The van der Waals surface area contributed by atoms with Gasteiger partial charge in [0.1, 0.15) is 11.5 Å². The number of ether oxygens (including phenoxy) is 1. The summed E-state index contributed by atoms with van der Waals surface area (Å²) >= 11 is 0. The molecular weight excluding hydrogens is 335 g/mol. The van der Waals surface area contributed by atoms with Gasteiger partial charge >= 0.3 is 5.97 Å². The highest BCUT2D eigenvalue weighted by Gasteiger charge is 2.23. The highest BCUT2D eigenvalue weighted by molar-refractivity contribution is 5.89. The first-order valence-electron chi connectivity index (χ1n) is 8.33. The lowest BCUT2D eigenvalue weighted by atomic mass is 10.0. The van der Waals surface area contributed by atoms with E-state index in [2.05, 4.69) is 33.8 Å². The van der Waals surface area contributed by atoms with Crippen LogP contribution in [0.2, 0.25) is 0 Å². The molecule has 1 aliphatic rings. The predicted octanol–water partition coefficient (Wildman–Crippen LogP) is 2.58. The first kappa shape index (κ1) is 18.0. The molecule has 1 atom stereocenters. The molecule has 1 aromatic heterocycles. The number of benzene rings is 1. The molecule has 0 amide bonds. The fraction of sp³-hybridized carbons (Fsp3) is 0.316. The summed E-state index contributed by atoms with van der Waals surface area (Å²) in [4.78, 5) is 22.8. The molecule has 2 heterocycles. The quantitative estimate of drug-likeness (QED) is 0.831. The molecule has 136 valence electrons. The highest BCUT2D eigenvalue weighted by atomic mass is 19.1. The van der Waals surface area contributed by atoms with Crippen LogP contribution in [0.1, 0.15) is 28.2 Å². The molecule has 26 heavy (non-hydrogen) atoms. The van der Waals surface area contributed by atoms with Gasteiger partial charge in [0.05, 0.1) is 13.3 Å². The summed E-state index contributed by atoms with van der Waals surface area (Å²) in [5.74, 6) is -0.353. The molecule has 2 aromatic rings. The van der Waals surface area contributed by atoms with Crippen molar-refractivity contribution < 1.29 is 13.9 Å². The van der Waals surface area contributed by atoms with Crippen LogP contribution in [0.15, 0.2) is 37.0 Å². The zero-order valence-electron chi connectivity index (χ0n) is 14.8. The summed E-state index contributed by atoms with van der Waals surface area (Å²) in [5.41, 5.74) is 1.81. The number of aromatic nitrogens is 2. The summed E-state index contributed by atoms with van der Waals surface area (Å²) in [6.07, 6.45) is 2.37. The molecular formula is C19H21FN4O2. The Kier molecular flexibility index (Phi) is 5.27. The SMILES string of the molecule is C=C(c1ccc(F)cc1)c1nc(C(=O)OC)cnc1NC1CCN(C)C1. The van der Waals surface area contributed by atoms with Crippen molar-refractivity contribution in [3.8, 4) is 0 Å². The van der Waals surface area contributed by atoms with Crippen LogP contribution >= 0.6 is 0 Å². The van der Waals surface area contributed by atoms with Gasteiger partial charge in [-0.15, -0.1) is 0 Å². The summed E-state index contributed by atoms with van der Waals surface area (Å²) in [6.45, 7) is 5.97. The van der Waals surface area contributed by atoms with Crippen LogP contribution in [-0.2, 0) is 4.74 Å². The van der Waals surface area contributed by atoms with Crippen molar-refractivity contribution in [2.24, 2.45) is 0 Å². The summed E-state index contributed by atoms with van der Waals surface area (Å²) in [6, 6.07) is 6.20. The van der Waals surface area contributed by atoms with E-state index in [0.29, 0.717) is 22.6 Å². The van der Waals surface area contributed by atoms with Gasteiger partial charge in [0.25, 0.3) is 0 Å². The third-order valence-corrected chi connectivity index (χ3v) is 4.38. The second kappa shape index (κ2) is 7.61. The Morgan fingerprint density at radius 1 is 1.38 bits per heavy atom. The number of nitrogens with zero attached hydrogens (tertiary/aromatic N) is 3. The number of esters is 1. The topological polar surface area (TPSA) is 67.3 Å². The minimum absolute atomic E-state index is 0.0971. The summed E-state index contributed by atoms with van der Waals surface area (Å²) < 4.78 is 18.0. The number of anilines is 1. The molecule has 0 aliphatic carbocycles. The number of likely N-dealkylation sites (tertiary alicyclic amines) is 1. The van der Waals surface area contributed by atoms with Crippen molar-refractivity contribution in [2.75, 3.05) is 32.6 Å². The van der Waals surface area contributed by atoms with Crippen LogP contribution in [0.25, 0.3) is 5.57 Å². The second-order valence-corrected chi connectivity index (χ2v) is 6.32. The average Bonchev–Trinajstić information content (AvgIpc) is 3.06. The number of methoxy groups -OCH3 is 1. The van der Waals surface area contributed by atoms with Gasteiger partial charge in [-0.05, 0) is 37.7 Å². The zero-order chi connectivity index (χ0) is 18.7. The Hall–Kier alpha value is -2.80. The molecule has 0 spiro atoms. The third-order valence-electron chi connectivity index (χ3n) is 4.38. The molecule has 1 N–H and O–H groups in total. The fourth-order valence-electron chi connectivity index (χ4n) is 2.94. The monoisotopic (exact) mass is 356 g/mol. The van der Waals surface area contributed by atoms with Gasteiger partial charge in [0.15, 0.2) is 11.5 Å². The first-order valence-corrected chi connectivity index (χ1v) is 8.33. The van der Waals surface area contributed by atoms with Gasteiger partial charge in [-0.2, -0.15) is 0 Å². The number of carbonyl (C=O) groups excluding carboxylic acids is 1. The van der Waals surface area contributed by atoms with E-state index in [1.165, 1.54) is 25.4 Å². The van der Waals surface area contributed by atoms with Crippen molar-refractivity contribution in [3.05, 3.63) is 59.8 Å². The van der Waals surface area contributed by atoms with Gasteiger partial charge in [-0.3, -0.25) is 0 Å². The Labute approximate surface area is 151 Å². The maximum absolute atomic E-state index is 13.2. The van der Waals surface area contributed by atoms with Crippen LogP contribution in [0.4, 0.5) is 10.2 Å². The fourth-order valence-corrected chi connectivity index (χ4v) is 2.94. The standard InChI is InChI=1S/C19H21FN4O2/c1-12(13-4-6-14(20)7-5-13)17-18(22-15-8-9-24(2)11-15)21-10-16(23-17)19(25)26-3/h4-7,10,15H,1,8-9,11H2,2-3H3,(H,21,22). The van der Waals surface area contributed by atoms with Crippen LogP contribution < -0.4 is 5.32 Å². The molecule has 1 aliphatic heterocycles.